The monoisotopic (exact) mass is 351 g/mol. The molecule has 5 nitrogen and oxygen atoms in total. The van der Waals surface area contributed by atoms with E-state index in [0.717, 1.165) is 28.8 Å². The van der Waals surface area contributed by atoms with Crippen LogP contribution in [0.25, 0.3) is 5.69 Å². The lowest BCUT2D eigenvalue weighted by Crippen LogP contribution is -2.09. The second-order valence-corrected chi connectivity index (χ2v) is 6.11. The summed E-state index contributed by atoms with van der Waals surface area (Å²) in [4.78, 5) is 16.1. The van der Waals surface area contributed by atoms with E-state index in [1.54, 1.807) is 30.3 Å². The fraction of sp³-hybridized carbons (Fsp3) is 0.105. The van der Waals surface area contributed by atoms with Crippen molar-refractivity contribution < 1.29 is 9.53 Å². The van der Waals surface area contributed by atoms with Crippen LogP contribution in [0.1, 0.15) is 5.56 Å². The molecule has 0 aliphatic rings. The largest absolute Gasteiger partial charge is 0.497 e. The number of carbonyl (C=O) groups is 1. The highest BCUT2D eigenvalue weighted by atomic mass is 32.2. The van der Waals surface area contributed by atoms with Gasteiger partial charge in [-0.25, -0.2) is 9.67 Å². The van der Waals surface area contributed by atoms with Gasteiger partial charge in [0.25, 0.3) is 0 Å². The molecular weight excluding hydrogens is 334 g/mol. The first-order valence-corrected chi connectivity index (χ1v) is 8.68. The Morgan fingerprint density at radius 2 is 1.88 bits per heavy atom. The molecule has 0 atom stereocenters. The lowest BCUT2D eigenvalue weighted by molar-refractivity contribution is 0.267. The van der Waals surface area contributed by atoms with Crippen LogP contribution in [-0.2, 0) is 5.75 Å². The minimum atomic E-state index is -0.241. The van der Waals surface area contributed by atoms with Gasteiger partial charge in [-0.05, 0) is 35.9 Å². The van der Waals surface area contributed by atoms with E-state index in [0.29, 0.717) is 11.1 Å². The van der Waals surface area contributed by atoms with Gasteiger partial charge in [0, 0.05) is 11.9 Å². The molecule has 0 unspecified atom stereocenters. The summed E-state index contributed by atoms with van der Waals surface area (Å²) < 4.78 is 6.84. The molecule has 2 aromatic carbocycles. The lowest BCUT2D eigenvalue weighted by Gasteiger charge is -2.03. The average Bonchev–Trinajstić information content (AvgIpc) is 2.68. The number of nitrogens with zero attached hydrogens (tertiary/aromatic N) is 3. The molecule has 1 heterocycles. The average molecular weight is 351 g/mol. The fourth-order valence-electron chi connectivity index (χ4n) is 2.15. The van der Waals surface area contributed by atoms with E-state index in [-0.39, 0.29) is 5.24 Å². The van der Waals surface area contributed by atoms with Crippen molar-refractivity contribution in [2.75, 3.05) is 7.11 Å². The Kier molecular flexibility index (Phi) is 5.64. The van der Waals surface area contributed by atoms with Crippen LogP contribution in [0.2, 0.25) is 0 Å². The Hall–Kier alpha value is -2.86. The summed E-state index contributed by atoms with van der Waals surface area (Å²) in [5, 5.41) is 4.59. The maximum Gasteiger partial charge on any atom is 0.305 e. The minimum Gasteiger partial charge on any atom is -0.497 e. The maximum atomic E-state index is 12.0. The molecule has 0 aliphatic carbocycles. The highest BCUT2D eigenvalue weighted by Crippen LogP contribution is 2.17. The van der Waals surface area contributed by atoms with E-state index in [1.165, 1.54) is 0 Å². The summed E-state index contributed by atoms with van der Waals surface area (Å²) in [6, 6.07) is 19.2. The van der Waals surface area contributed by atoms with Gasteiger partial charge in [0.2, 0.25) is 0 Å². The number of hydrogen-bond donors (Lipinski definition) is 0. The van der Waals surface area contributed by atoms with Gasteiger partial charge in [-0.3, -0.25) is 4.79 Å². The third-order valence-electron chi connectivity index (χ3n) is 3.46. The van der Waals surface area contributed by atoms with Gasteiger partial charge in [0.15, 0.2) is 0 Å². The standard InChI is InChI=1S/C19H17N3O2S/c1-24-18-9-7-15(8-10-18)14-25-19(23)21-16-11-12-22(20-13-16)17-5-3-2-4-6-17/h2-13H,14H2,1H3. The van der Waals surface area contributed by atoms with E-state index < -0.39 is 0 Å². The Balaban J connectivity index is 1.62. The van der Waals surface area contributed by atoms with Crippen LogP contribution < -0.4 is 10.1 Å². The number of benzene rings is 2. The number of ether oxygens (including phenoxy) is 1. The van der Waals surface area contributed by atoms with Gasteiger partial charge in [-0.15, -0.1) is 0 Å². The van der Waals surface area contributed by atoms with Crippen LogP contribution in [0.4, 0.5) is 4.79 Å². The highest BCUT2D eigenvalue weighted by molar-refractivity contribution is 8.12. The van der Waals surface area contributed by atoms with Crippen LogP contribution >= 0.6 is 11.8 Å². The second kappa shape index (κ2) is 8.30. The van der Waals surface area contributed by atoms with Crippen molar-refractivity contribution in [3.63, 3.8) is 0 Å². The van der Waals surface area contributed by atoms with Crippen LogP contribution in [0.15, 0.2) is 78.0 Å². The third kappa shape index (κ3) is 4.81. The first-order valence-electron chi connectivity index (χ1n) is 7.69. The topological polar surface area (TPSA) is 56.5 Å². The Morgan fingerprint density at radius 1 is 1.12 bits per heavy atom. The zero-order valence-corrected chi connectivity index (χ0v) is 14.5. The van der Waals surface area contributed by atoms with Crippen molar-refractivity contribution in [3.05, 3.63) is 84.0 Å². The summed E-state index contributed by atoms with van der Waals surface area (Å²) in [7, 11) is 1.63. The molecule has 0 spiro atoms. The van der Waals surface area contributed by atoms with Crippen molar-refractivity contribution in [2.45, 2.75) is 5.75 Å². The number of amides is 1. The molecule has 6 heteroatoms. The molecule has 1 aromatic heterocycles. The zero-order chi connectivity index (χ0) is 17.5. The van der Waals surface area contributed by atoms with Crippen LogP contribution in [-0.4, -0.2) is 22.1 Å². The fourth-order valence-corrected chi connectivity index (χ4v) is 2.81. The van der Waals surface area contributed by atoms with Gasteiger partial charge in [-0.1, -0.05) is 42.1 Å². The van der Waals surface area contributed by atoms with Crippen LogP contribution in [0.3, 0.4) is 0 Å². The van der Waals surface area contributed by atoms with Gasteiger partial charge >= 0.3 is 5.24 Å². The number of carbonyl (C=O) groups excluding carboxylic acids is 1. The molecule has 0 saturated heterocycles. The SMILES string of the molecule is COc1ccc(CSC(=O)N=c2ccn(-c3ccccc3)nc2)cc1. The van der Waals surface area contributed by atoms with Crippen LogP contribution in [0, 0.1) is 0 Å². The molecule has 0 radical (unpaired) electrons. The van der Waals surface area contributed by atoms with Gasteiger partial charge in [-0.2, -0.15) is 5.10 Å². The molecule has 126 valence electrons. The summed E-state index contributed by atoms with van der Waals surface area (Å²) in [6.45, 7) is 0. The molecule has 0 aliphatic heterocycles. The molecule has 0 fully saturated rings. The molecule has 1 amide bonds. The molecular formula is C19H17N3O2S. The summed E-state index contributed by atoms with van der Waals surface area (Å²) in [5.41, 5.74) is 2.00. The van der Waals surface area contributed by atoms with E-state index in [9.17, 15) is 4.79 Å². The summed E-state index contributed by atoms with van der Waals surface area (Å²) in [5.74, 6) is 1.36. The van der Waals surface area contributed by atoms with Crippen molar-refractivity contribution >= 4 is 17.0 Å². The molecule has 3 aromatic rings. The number of para-hydroxylation sites is 1. The molecule has 0 bridgehead atoms. The quantitative estimate of drug-likeness (QED) is 0.717. The molecule has 0 saturated carbocycles. The molecule has 0 N–H and O–H groups in total. The number of thioether (sulfide) groups is 1. The van der Waals surface area contributed by atoms with E-state index in [2.05, 4.69) is 10.1 Å². The van der Waals surface area contributed by atoms with Gasteiger partial charge in [0.1, 0.15) is 5.75 Å². The minimum absolute atomic E-state index is 0.241. The Bertz CT molecular complexity index is 885. The maximum absolute atomic E-state index is 12.0. The van der Waals surface area contributed by atoms with Crippen molar-refractivity contribution in [3.8, 4) is 11.4 Å². The van der Waals surface area contributed by atoms with E-state index >= 15 is 0 Å². The van der Waals surface area contributed by atoms with Crippen molar-refractivity contribution in [1.82, 2.24) is 9.78 Å². The van der Waals surface area contributed by atoms with Gasteiger partial charge < -0.3 is 4.74 Å². The predicted molar refractivity (Wildman–Crippen MR) is 98.8 cm³/mol. The normalized spacial score (nSPS) is 11.3. The third-order valence-corrected chi connectivity index (χ3v) is 4.28. The van der Waals surface area contributed by atoms with E-state index in [1.807, 2.05) is 54.6 Å². The number of methoxy groups -OCH3 is 1. The number of hydrogen-bond acceptors (Lipinski definition) is 4. The second-order valence-electron chi connectivity index (χ2n) is 5.18. The first kappa shape index (κ1) is 17.0. The zero-order valence-electron chi connectivity index (χ0n) is 13.7. The smallest absolute Gasteiger partial charge is 0.305 e. The van der Waals surface area contributed by atoms with Crippen molar-refractivity contribution in [2.24, 2.45) is 4.99 Å². The number of rotatable bonds is 4. The van der Waals surface area contributed by atoms with Crippen molar-refractivity contribution in [1.29, 1.82) is 0 Å². The summed E-state index contributed by atoms with van der Waals surface area (Å²) in [6.07, 6.45) is 3.37. The Morgan fingerprint density at radius 3 is 2.52 bits per heavy atom. The molecule has 25 heavy (non-hydrogen) atoms. The van der Waals surface area contributed by atoms with Crippen LogP contribution in [0.5, 0.6) is 5.75 Å². The predicted octanol–water partition coefficient (Wildman–Crippen LogP) is 3.84. The number of aromatic nitrogens is 2. The van der Waals surface area contributed by atoms with Gasteiger partial charge in [0.05, 0.1) is 24.4 Å². The van der Waals surface area contributed by atoms with E-state index in [4.69, 9.17) is 4.74 Å². The summed E-state index contributed by atoms with van der Waals surface area (Å²) >= 11 is 1.16. The molecule has 3 rings (SSSR count). The lowest BCUT2D eigenvalue weighted by atomic mass is 10.2. The Labute approximate surface area is 150 Å². The highest BCUT2D eigenvalue weighted by Gasteiger charge is 2.02. The first-order chi connectivity index (χ1) is 12.2.